The molecule has 2 rings (SSSR count). The predicted octanol–water partition coefficient (Wildman–Crippen LogP) is 1.42. The number of hydrogen-bond donors (Lipinski definition) is 1. The smallest absolute Gasteiger partial charge is 0.223 e. The van der Waals surface area contributed by atoms with Crippen LogP contribution in [0.15, 0.2) is 22.7 Å². The van der Waals surface area contributed by atoms with Crippen LogP contribution < -0.4 is 15.2 Å². The first-order valence-corrected chi connectivity index (χ1v) is 5.52. The summed E-state index contributed by atoms with van der Waals surface area (Å²) in [7, 11) is 1.59. The maximum Gasteiger partial charge on any atom is 0.223 e. The van der Waals surface area contributed by atoms with Crippen molar-refractivity contribution >= 4 is 0 Å². The van der Waals surface area contributed by atoms with E-state index in [2.05, 4.69) is 10.1 Å². The highest BCUT2D eigenvalue weighted by molar-refractivity contribution is 5.42. The molecular weight excluding hydrogens is 234 g/mol. The van der Waals surface area contributed by atoms with E-state index in [0.717, 1.165) is 5.56 Å². The van der Waals surface area contributed by atoms with Crippen molar-refractivity contribution < 1.29 is 14.0 Å². The van der Waals surface area contributed by atoms with Gasteiger partial charge in [-0.2, -0.15) is 4.98 Å². The van der Waals surface area contributed by atoms with E-state index in [-0.39, 0.29) is 6.61 Å². The third-order valence-electron chi connectivity index (χ3n) is 2.39. The Morgan fingerprint density at radius 3 is 2.78 bits per heavy atom. The van der Waals surface area contributed by atoms with Gasteiger partial charge in [-0.05, 0) is 17.7 Å². The molecule has 0 atom stereocenters. The van der Waals surface area contributed by atoms with Gasteiger partial charge < -0.3 is 19.7 Å². The van der Waals surface area contributed by atoms with Crippen molar-refractivity contribution in [2.24, 2.45) is 5.73 Å². The lowest BCUT2D eigenvalue weighted by Crippen LogP contribution is -2.02. The minimum atomic E-state index is 0.224. The Morgan fingerprint density at radius 2 is 2.17 bits per heavy atom. The summed E-state index contributed by atoms with van der Waals surface area (Å²) in [5.74, 6) is 2.26. The monoisotopic (exact) mass is 249 g/mol. The fraction of sp³-hybridized carbons (Fsp3) is 0.333. The Bertz CT molecular complexity index is 525. The van der Waals surface area contributed by atoms with Gasteiger partial charge in [-0.1, -0.05) is 11.2 Å². The molecule has 1 heterocycles. The normalized spacial score (nSPS) is 10.4. The molecule has 0 saturated heterocycles. The molecule has 0 bridgehead atoms. The molecule has 0 aliphatic carbocycles. The van der Waals surface area contributed by atoms with Crippen molar-refractivity contribution in [3.05, 3.63) is 35.5 Å². The van der Waals surface area contributed by atoms with Crippen LogP contribution in [0.1, 0.15) is 17.3 Å². The van der Waals surface area contributed by atoms with E-state index >= 15 is 0 Å². The summed E-state index contributed by atoms with van der Waals surface area (Å²) in [6.45, 7) is 2.40. The van der Waals surface area contributed by atoms with Gasteiger partial charge in [0.05, 0.1) is 7.11 Å². The van der Waals surface area contributed by atoms with Gasteiger partial charge in [-0.15, -0.1) is 0 Å². The SMILES string of the molecule is COc1ccc(CN)cc1OCc1noc(C)n1. The molecule has 0 radical (unpaired) electrons. The molecule has 6 nitrogen and oxygen atoms in total. The first-order chi connectivity index (χ1) is 8.72. The van der Waals surface area contributed by atoms with E-state index in [9.17, 15) is 0 Å². The fourth-order valence-electron chi connectivity index (χ4n) is 1.50. The lowest BCUT2D eigenvalue weighted by Gasteiger charge is -2.10. The Balaban J connectivity index is 2.11. The van der Waals surface area contributed by atoms with Gasteiger partial charge in [0.25, 0.3) is 0 Å². The van der Waals surface area contributed by atoms with Crippen molar-refractivity contribution in [3.8, 4) is 11.5 Å². The zero-order valence-corrected chi connectivity index (χ0v) is 10.3. The van der Waals surface area contributed by atoms with Gasteiger partial charge in [0.2, 0.25) is 11.7 Å². The summed E-state index contributed by atoms with van der Waals surface area (Å²) >= 11 is 0. The molecule has 6 heteroatoms. The summed E-state index contributed by atoms with van der Waals surface area (Å²) in [6.07, 6.45) is 0. The van der Waals surface area contributed by atoms with Crippen LogP contribution in [0.4, 0.5) is 0 Å². The molecule has 2 aromatic rings. The van der Waals surface area contributed by atoms with Gasteiger partial charge in [0.1, 0.15) is 0 Å². The molecule has 0 aliphatic heterocycles. The highest BCUT2D eigenvalue weighted by Crippen LogP contribution is 2.28. The summed E-state index contributed by atoms with van der Waals surface area (Å²) in [6, 6.07) is 5.55. The average molecular weight is 249 g/mol. The van der Waals surface area contributed by atoms with Crippen LogP contribution in [-0.2, 0) is 13.2 Å². The van der Waals surface area contributed by atoms with Crippen molar-refractivity contribution in [1.82, 2.24) is 10.1 Å². The third kappa shape index (κ3) is 2.78. The van der Waals surface area contributed by atoms with Crippen molar-refractivity contribution in [3.63, 3.8) is 0 Å². The minimum absolute atomic E-state index is 0.224. The molecule has 0 amide bonds. The van der Waals surface area contributed by atoms with E-state index in [4.69, 9.17) is 19.7 Å². The molecule has 1 aromatic heterocycles. The third-order valence-corrected chi connectivity index (χ3v) is 2.39. The molecule has 96 valence electrons. The quantitative estimate of drug-likeness (QED) is 0.862. The first-order valence-electron chi connectivity index (χ1n) is 5.52. The Hall–Kier alpha value is -2.08. The molecule has 1 aromatic carbocycles. The first kappa shape index (κ1) is 12.4. The van der Waals surface area contributed by atoms with Crippen LogP contribution in [0.2, 0.25) is 0 Å². The van der Waals surface area contributed by atoms with Crippen molar-refractivity contribution in [2.75, 3.05) is 7.11 Å². The van der Waals surface area contributed by atoms with Crippen molar-refractivity contribution in [1.29, 1.82) is 0 Å². The fourth-order valence-corrected chi connectivity index (χ4v) is 1.50. The highest BCUT2D eigenvalue weighted by atomic mass is 16.5. The lowest BCUT2D eigenvalue weighted by atomic mass is 10.2. The van der Waals surface area contributed by atoms with E-state index in [1.54, 1.807) is 14.0 Å². The van der Waals surface area contributed by atoms with Crippen LogP contribution in [0.25, 0.3) is 0 Å². The maximum absolute atomic E-state index is 5.60. The van der Waals surface area contributed by atoms with Crippen LogP contribution in [0.5, 0.6) is 11.5 Å². The number of nitrogens with zero attached hydrogens (tertiary/aromatic N) is 2. The summed E-state index contributed by atoms with van der Waals surface area (Å²) in [5, 5.41) is 3.75. The molecule has 0 fully saturated rings. The van der Waals surface area contributed by atoms with Gasteiger partial charge >= 0.3 is 0 Å². The van der Waals surface area contributed by atoms with E-state index in [0.29, 0.717) is 29.8 Å². The Kier molecular flexibility index (Phi) is 3.78. The van der Waals surface area contributed by atoms with E-state index in [1.807, 2.05) is 18.2 Å². The number of ether oxygens (including phenoxy) is 2. The minimum Gasteiger partial charge on any atom is -0.493 e. The standard InChI is InChI=1S/C12H15N3O3/c1-8-14-12(15-18-8)7-17-11-5-9(6-13)3-4-10(11)16-2/h3-5H,6-7,13H2,1-2H3. The van der Waals surface area contributed by atoms with Crippen LogP contribution >= 0.6 is 0 Å². The topological polar surface area (TPSA) is 83.4 Å². The number of aromatic nitrogens is 2. The lowest BCUT2D eigenvalue weighted by molar-refractivity contribution is 0.269. The second-order valence-electron chi connectivity index (χ2n) is 3.71. The number of hydrogen-bond acceptors (Lipinski definition) is 6. The number of nitrogens with two attached hydrogens (primary N) is 1. The molecule has 0 unspecified atom stereocenters. The maximum atomic E-state index is 5.60. The Morgan fingerprint density at radius 1 is 1.33 bits per heavy atom. The largest absolute Gasteiger partial charge is 0.493 e. The predicted molar refractivity (Wildman–Crippen MR) is 64.3 cm³/mol. The molecule has 2 N–H and O–H groups in total. The van der Waals surface area contributed by atoms with E-state index < -0.39 is 0 Å². The average Bonchev–Trinajstić information content (AvgIpc) is 2.81. The highest BCUT2D eigenvalue weighted by Gasteiger charge is 2.08. The van der Waals surface area contributed by atoms with Gasteiger partial charge in [-0.25, -0.2) is 0 Å². The summed E-state index contributed by atoms with van der Waals surface area (Å²) < 4.78 is 15.7. The second kappa shape index (κ2) is 5.50. The number of aryl methyl sites for hydroxylation is 1. The molecule has 0 spiro atoms. The number of benzene rings is 1. The molecular formula is C12H15N3O3. The van der Waals surface area contributed by atoms with Crippen molar-refractivity contribution in [2.45, 2.75) is 20.1 Å². The van der Waals surface area contributed by atoms with Gasteiger partial charge in [0, 0.05) is 13.5 Å². The van der Waals surface area contributed by atoms with Crippen LogP contribution in [0, 0.1) is 6.92 Å². The molecule has 0 aliphatic rings. The second-order valence-corrected chi connectivity index (χ2v) is 3.71. The van der Waals surface area contributed by atoms with Crippen LogP contribution in [-0.4, -0.2) is 17.3 Å². The number of methoxy groups -OCH3 is 1. The van der Waals surface area contributed by atoms with E-state index in [1.165, 1.54) is 0 Å². The summed E-state index contributed by atoms with van der Waals surface area (Å²) in [5.41, 5.74) is 6.55. The zero-order chi connectivity index (χ0) is 13.0. The molecule has 18 heavy (non-hydrogen) atoms. The van der Waals surface area contributed by atoms with Gasteiger partial charge in [0.15, 0.2) is 18.1 Å². The van der Waals surface area contributed by atoms with Crippen LogP contribution in [0.3, 0.4) is 0 Å². The molecule has 0 saturated carbocycles. The zero-order valence-electron chi connectivity index (χ0n) is 10.3. The number of rotatable bonds is 5. The summed E-state index contributed by atoms with van der Waals surface area (Å²) in [4.78, 5) is 4.06. The Labute approximate surface area is 105 Å². The van der Waals surface area contributed by atoms with Gasteiger partial charge in [-0.3, -0.25) is 0 Å².